The Bertz CT molecular complexity index is 1300. The number of hydrogen-bond donors (Lipinski definition) is 2. The number of nitrogens with one attached hydrogen (secondary N) is 1. The van der Waals surface area contributed by atoms with Crippen LogP contribution in [0.3, 0.4) is 0 Å². The molecule has 0 spiro atoms. The smallest absolute Gasteiger partial charge is 0.407 e. The lowest BCUT2D eigenvalue weighted by molar-refractivity contribution is -0.151. The van der Waals surface area contributed by atoms with E-state index < -0.39 is 23.5 Å². The Hall–Kier alpha value is -4.14. The lowest BCUT2D eigenvalue weighted by atomic mass is 9.73. The Kier molecular flexibility index (Phi) is 4.87. The number of hydrogen-bond acceptors (Lipinski definition) is 6. The highest BCUT2D eigenvalue weighted by Gasteiger charge is 2.63. The molecule has 3 aromatic rings. The van der Waals surface area contributed by atoms with E-state index >= 15 is 0 Å². The number of carboxylic acids is 1. The van der Waals surface area contributed by atoms with E-state index in [9.17, 15) is 19.5 Å². The second kappa shape index (κ2) is 7.97. The monoisotopic (exact) mass is 473 g/mol. The van der Waals surface area contributed by atoms with Crippen molar-refractivity contribution in [1.82, 2.24) is 15.4 Å². The Labute approximate surface area is 200 Å². The van der Waals surface area contributed by atoms with Crippen LogP contribution in [0.25, 0.3) is 11.1 Å². The molecular formula is C26H23N3O6. The number of rotatable bonds is 6. The van der Waals surface area contributed by atoms with E-state index in [2.05, 4.69) is 22.6 Å². The van der Waals surface area contributed by atoms with Crippen molar-refractivity contribution in [2.24, 2.45) is 5.92 Å². The molecule has 2 N–H and O–H groups in total. The molecule has 9 heteroatoms. The number of carbonyl (C=O) groups is 3. The van der Waals surface area contributed by atoms with Crippen molar-refractivity contribution in [2.75, 3.05) is 13.2 Å². The van der Waals surface area contributed by atoms with E-state index in [-0.39, 0.29) is 36.2 Å². The van der Waals surface area contributed by atoms with Gasteiger partial charge in [0, 0.05) is 12.5 Å². The molecule has 0 radical (unpaired) electrons. The molecule has 9 nitrogen and oxygen atoms in total. The van der Waals surface area contributed by atoms with Crippen LogP contribution in [0.4, 0.5) is 4.79 Å². The first-order chi connectivity index (χ1) is 17.0. The minimum Gasteiger partial charge on any atom is -0.479 e. The number of carbonyl (C=O) groups excluding carboxylic acids is 2. The third-order valence-corrected chi connectivity index (χ3v) is 7.47. The number of fused-ring (bicyclic) bond motifs is 4. The summed E-state index contributed by atoms with van der Waals surface area (Å²) in [6.45, 7) is 0.488. The molecule has 4 aliphatic rings. The van der Waals surface area contributed by atoms with Crippen molar-refractivity contribution < 1.29 is 28.8 Å². The Morgan fingerprint density at radius 2 is 1.74 bits per heavy atom. The summed E-state index contributed by atoms with van der Waals surface area (Å²) in [6.07, 6.45) is 1.49. The van der Waals surface area contributed by atoms with Crippen molar-refractivity contribution in [2.45, 2.75) is 30.8 Å². The number of aromatic nitrogens is 1. The van der Waals surface area contributed by atoms with Gasteiger partial charge in [0.05, 0.1) is 6.54 Å². The van der Waals surface area contributed by atoms with E-state index in [1.54, 1.807) is 0 Å². The van der Waals surface area contributed by atoms with E-state index in [0.717, 1.165) is 22.3 Å². The van der Waals surface area contributed by atoms with Gasteiger partial charge in [-0.25, -0.2) is 9.59 Å². The number of aliphatic carboxylic acids is 1. The average Bonchev–Trinajstić information content (AvgIpc) is 3.61. The van der Waals surface area contributed by atoms with Gasteiger partial charge in [0.15, 0.2) is 0 Å². The van der Waals surface area contributed by atoms with Gasteiger partial charge in [-0.1, -0.05) is 53.7 Å². The van der Waals surface area contributed by atoms with Crippen molar-refractivity contribution in [1.29, 1.82) is 0 Å². The Morgan fingerprint density at radius 1 is 1.09 bits per heavy atom. The first kappa shape index (κ1) is 21.4. The van der Waals surface area contributed by atoms with Crippen LogP contribution in [0.1, 0.15) is 45.9 Å². The molecule has 2 saturated heterocycles. The molecule has 3 heterocycles. The summed E-state index contributed by atoms with van der Waals surface area (Å²) in [4.78, 5) is 38.7. The zero-order valence-corrected chi connectivity index (χ0v) is 18.8. The molecular weight excluding hydrogens is 450 g/mol. The standard InChI is InChI=1S/C26H23N3O6/c30-23(29-12-15-9-26(29,10-15)24(31)32)21-14-35-28-22(21)11-27-25(33)34-13-20-18-7-3-1-5-16(18)17-6-2-4-8-19(17)20/h1-8,14-15,20H,9-13H2,(H,27,33)(H,31,32). The third kappa shape index (κ3) is 3.30. The molecule has 2 aromatic carbocycles. The van der Waals surface area contributed by atoms with Gasteiger partial charge in [-0.15, -0.1) is 0 Å². The van der Waals surface area contributed by atoms with E-state index in [1.807, 2.05) is 36.4 Å². The number of carboxylic acid groups (broad SMARTS) is 1. The number of benzene rings is 2. The number of ether oxygens (including phenoxy) is 1. The predicted molar refractivity (Wildman–Crippen MR) is 123 cm³/mol. The quantitative estimate of drug-likeness (QED) is 0.563. The summed E-state index contributed by atoms with van der Waals surface area (Å²) in [7, 11) is 0. The lowest BCUT2D eigenvalue weighted by Gasteiger charge is -2.37. The molecule has 3 fully saturated rings. The van der Waals surface area contributed by atoms with Crippen LogP contribution in [0.2, 0.25) is 0 Å². The first-order valence-electron chi connectivity index (χ1n) is 11.6. The van der Waals surface area contributed by atoms with Crippen LogP contribution in [-0.2, 0) is 16.1 Å². The van der Waals surface area contributed by atoms with Gasteiger partial charge in [0.1, 0.15) is 29.7 Å². The largest absolute Gasteiger partial charge is 0.479 e. The predicted octanol–water partition coefficient (Wildman–Crippen LogP) is 3.40. The third-order valence-electron chi connectivity index (χ3n) is 7.47. The van der Waals surface area contributed by atoms with Crippen molar-refractivity contribution in [3.63, 3.8) is 0 Å². The highest BCUT2D eigenvalue weighted by Crippen LogP contribution is 2.51. The van der Waals surface area contributed by atoms with E-state index in [4.69, 9.17) is 9.26 Å². The van der Waals surface area contributed by atoms with Crippen molar-refractivity contribution >= 4 is 18.0 Å². The molecule has 1 aromatic heterocycles. The van der Waals surface area contributed by atoms with Gasteiger partial charge < -0.3 is 24.6 Å². The summed E-state index contributed by atoms with van der Waals surface area (Å²) in [5, 5.41) is 16.1. The van der Waals surface area contributed by atoms with Crippen molar-refractivity contribution in [3.05, 3.63) is 77.2 Å². The first-order valence-corrected chi connectivity index (χ1v) is 11.6. The lowest BCUT2D eigenvalue weighted by Crippen LogP contribution is -2.54. The topological polar surface area (TPSA) is 122 Å². The summed E-state index contributed by atoms with van der Waals surface area (Å²) in [5.41, 5.74) is 3.75. The van der Waals surface area contributed by atoms with Gasteiger partial charge in [-0.2, -0.15) is 0 Å². The van der Waals surface area contributed by atoms with Crippen LogP contribution in [0.15, 0.2) is 59.3 Å². The Morgan fingerprint density at radius 3 is 2.40 bits per heavy atom. The fraction of sp³-hybridized carbons (Fsp3) is 0.308. The maximum atomic E-state index is 13.1. The van der Waals surface area contributed by atoms with Crippen LogP contribution < -0.4 is 5.32 Å². The van der Waals surface area contributed by atoms with Gasteiger partial charge in [-0.05, 0) is 41.0 Å². The molecule has 0 atom stereocenters. The minimum absolute atomic E-state index is 0.0637. The van der Waals surface area contributed by atoms with Gasteiger partial charge in [0.2, 0.25) is 0 Å². The Balaban J connectivity index is 1.10. The zero-order chi connectivity index (χ0) is 24.2. The zero-order valence-electron chi connectivity index (χ0n) is 18.8. The molecule has 7 rings (SSSR count). The fourth-order valence-corrected chi connectivity index (χ4v) is 5.76. The summed E-state index contributed by atoms with van der Waals surface area (Å²) in [6, 6.07) is 16.1. The van der Waals surface area contributed by atoms with E-state index in [0.29, 0.717) is 19.4 Å². The molecule has 2 aliphatic heterocycles. The molecule has 35 heavy (non-hydrogen) atoms. The maximum absolute atomic E-state index is 13.1. The van der Waals surface area contributed by atoms with Crippen molar-refractivity contribution in [3.8, 4) is 11.1 Å². The van der Waals surface area contributed by atoms with Crippen LogP contribution in [-0.4, -0.2) is 51.8 Å². The average molecular weight is 473 g/mol. The highest BCUT2D eigenvalue weighted by molar-refractivity contribution is 5.99. The van der Waals surface area contributed by atoms with Crippen LogP contribution >= 0.6 is 0 Å². The number of nitrogens with zero attached hydrogens (tertiary/aromatic N) is 2. The molecule has 2 amide bonds. The second-order valence-corrected chi connectivity index (χ2v) is 9.38. The van der Waals surface area contributed by atoms with Crippen LogP contribution in [0.5, 0.6) is 0 Å². The maximum Gasteiger partial charge on any atom is 0.407 e. The SMILES string of the molecule is O=C(NCc1nocc1C(=O)N1CC2CC1(C(=O)O)C2)OCC1c2ccccc2-c2ccccc21. The van der Waals surface area contributed by atoms with Gasteiger partial charge >= 0.3 is 12.1 Å². The summed E-state index contributed by atoms with van der Waals surface area (Å²) in [5.74, 6) is -1.30. The fourth-order valence-electron chi connectivity index (χ4n) is 5.76. The number of amides is 2. The van der Waals surface area contributed by atoms with E-state index in [1.165, 1.54) is 11.2 Å². The molecule has 0 unspecified atom stereocenters. The van der Waals surface area contributed by atoms with Crippen LogP contribution in [0, 0.1) is 5.92 Å². The molecule has 2 bridgehead atoms. The minimum atomic E-state index is -1.14. The molecule has 178 valence electrons. The number of alkyl carbamates (subject to hydrolysis) is 1. The summed E-state index contributed by atoms with van der Waals surface area (Å²) >= 11 is 0. The van der Waals surface area contributed by atoms with Gasteiger partial charge in [-0.3, -0.25) is 4.79 Å². The second-order valence-electron chi connectivity index (χ2n) is 9.38. The molecule has 1 saturated carbocycles. The summed E-state index contributed by atoms with van der Waals surface area (Å²) < 4.78 is 10.5. The highest BCUT2D eigenvalue weighted by atomic mass is 16.5. The van der Waals surface area contributed by atoms with Gasteiger partial charge in [0.25, 0.3) is 5.91 Å². The normalized spacial score (nSPS) is 21.7. The molecule has 2 aliphatic carbocycles.